The minimum atomic E-state index is -1.86. The van der Waals surface area contributed by atoms with Crippen molar-refractivity contribution in [3.63, 3.8) is 0 Å². The molecule has 0 bridgehead atoms. The van der Waals surface area contributed by atoms with Crippen LogP contribution in [0.4, 0.5) is 0 Å². The number of fused-ring (bicyclic) bond motifs is 2. The van der Waals surface area contributed by atoms with Crippen molar-refractivity contribution in [1.82, 2.24) is 14.5 Å². The molecule has 0 saturated carbocycles. The van der Waals surface area contributed by atoms with Gasteiger partial charge in [-0.3, -0.25) is 4.98 Å². The third kappa shape index (κ3) is 10.1. The molecule has 3 heterocycles. The van der Waals surface area contributed by atoms with Gasteiger partial charge in [0.2, 0.25) is 0 Å². The largest absolute Gasteiger partial charge is 0.557 e. The summed E-state index contributed by atoms with van der Waals surface area (Å²) in [6.45, 7) is 20.4. The molecule has 8 aromatic rings. The van der Waals surface area contributed by atoms with E-state index >= 15 is 0 Å². The quantitative estimate of drug-likeness (QED) is 0.107. The Morgan fingerprint density at radius 2 is 1.39 bits per heavy atom. The number of benzene rings is 5. The fraction of sp³-hybridized carbons (Fsp3) is 0.309. The molecule has 3 aromatic heterocycles. The fourth-order valence-corrected chi connectivity index (χ4v) is 11.5. The maximum absolute atomic E-state index is 6.01. The Morgan fingerprint density at radius 3 is 2.00 bits per heavy atom. The molecule has 317 valence electrons. The molecule has 0 amide bonds. The number of rotatable bonds is 9. The summed E-state index contributed by atoms with van der Waals surface area (Å²) in [6.07, 6.45) is 6.53. The second-order valence-electron chi connectivity index (χ2n) is 19.3. The minimum Gasteiger partial charge on any atom is -0.557 e. The molecule has 4 nitrogen and oxygen atoms in total. The van der Waals surface area contributed by atoms with Gasteiger partial charge in [0, 0.05) is 37.6 Å². The molecule has 0 spiro atoms. The summed E-state index contributed by atoms with van der Waals surface area (Å²) in [6, 6.07) is 44.0. The Hall–Kier alpha value is -4.55. The molecular formula is C55H61GeIrN3O-2. The van der Waals surface area contributed by atoms with E-state index in [4.69, 9.17) is 14.4 Å². The number of pyridine rings is 1. The van der Waals surface area contributed by atoms with Crippen molar-refractivity contribution in [2.45, 2.75) is 103 Å². The van der Waals surface area contributed by atoms with Gasteiger partial charge < -0.3 is 8.98 Å². The van der Waals surface area contributed by atoms with Crippen molar-refractivity contribution < 1.29 is 24.5 Å². The van der Waals surface area contributed by atoms with Crippen LogP contribution in [0.25, 0.3) is 61.5 Å². The summed E-state index contributed by atoms with van der Waals surface area (Å²) in [5.41, 5.74) is 15.0. The van der Waals surface area contributed by atoms with Gasteiger partial charge in [0.15, 0.2) is 0 Å². The van der Waals surface area contributed by atoms with Crippen LogP contribution in [0, 0.1) is 18.2 Å². The Kier molecular flexibility index (Phi) is 14.2. The molecule has 8 rings (SSSR count). The molecular weight excluding hydrogens is 983 g/mol. The number of nitrogens with zero attached hydrogens (tertiary/aromatic N) is 3. The van der Waals surface area contributed by atoms with E-state index in [-0.39, 0.29) is 25.5 Å². The first-order valence-corrected chi connectivity index (χ1v) is 29.0. The van der Waals surface area contributed by atoms with E-state index in [0.29, 0.717) is 17.8 Å². The Balaban J connectivity index is 0.000000250. The molecule has 61 heavy (non-hydrogen) atoms. The smallest absolute Gasteiger partial charge is 0.0774 e. The van der Waals surface area contributed by atoms with Crippen molar-refractivity contribution in [3.8, 4) is 39.5 Å². The van der Waals surface area contributed by atoms with Crippen LogP contribution in [0.15, 0.2) is 126 Å². The van der Waals surface area contributed by atoms with Crippen molar-refractivity contribution in [2.24, 2.45) is 5.92 Å². The summed E-state index contributed by atoms with van der Waals surface area (Å²) in [4.78, 5) is 9.93. The maximum atomic E-state index is 6.01. The van der Waals surface area contributed by atoms with Gasteiger partial charge in [-0.1, -0.05) is 126 Å². The second kappa shape index (κ2) is 18.8. The van der Waals surface area contributed by atoms with E-state index in [1.165, 1.54) is 39.1 Å². The number of hydrogen-bond acceptors (Lipinski definition) is 3. The van der Waals surface area contributed by atoms with Gasteiger partial charge in [0.1, 0.15) is 0 Å². The first-order valence-electron chi connectivity index (χ1n) is 21.6. The molecule has 0 atom stereocenters. The van der Waals surface area contributed by atoms with Crippen molar-refractivity contribution in [1.29, 1.82) is 0 Å². The molecule has 5 aromatic carbocycles. The first kappa shape index (κ1) is 46.0. The number of furan rings is 1. The standard InChI is InChI=1S/C37H37N2O.C18H24GeN.Ir/c1-23(2)28-19-26(25-13-9-8-10-14-25)20-29(24(3)4)35(28)39-33-16-12-11-15-32(33)38-36(39)31-22-40-34-18-17-27(21-30(31)34)37(5,6)7;1-14(2)11-16-12-18(15-9-7-6-8-10-15)20-13-17(16)19(3,4)5;/h8-21,23-24H,1-7H3;6-9,12-14H,11H2,1-5H3;/q2*-1;. The van der Waals surface area contributed by atoms with Crippen LogP contribution in [0.2, 0.25) is 17.3 Å². The van der Waals surface area contributed by atoms with Crippen molar-refractivity contribution >= 4 is 39.7 Å². The normalized spacial score (nSPS) is 12.0. The third-order valence-corrected chi connectivity index (χ3v) is 15.7. The van der Waals surface area contributed by atoms with Crippen molar-refractivity contribution in [2.75, 3.05) is 0 Å². The molecule has 0 N–H and O–H groups in total. The first-order chi connectivity index (χ1) is 28.5. The fourth-order valence-electron chi connectivity index (χ4n) is 8.12. The predicted octanol–water partition coefficient (Wildman–Crippen LogP) is 14.7. The number of hydrogen-bond donors (Lipinski definition) is 0. The molecule has 1 radical (unpaired) electrons. The average molecular weight is 1040 g/mol. The summed E-state index contributed by atoms with van der Waals surface area (Å²) in [5, 5.41) is 1.04. The number of aromatic nitrogens is 3. The predicted molar refractivity (Wildman–Crippen MR) is 257 cm³/mol. The van der Waals surface area contributed by atoms with Crippen LogP contribution < -0.4 is 4.40 Å². The summed E-state index contributed by atoms with van der Waals surface area (Å²) in [7, 11) is 0. The van der Waals surface area contributed by atoms with Crippen LogP contribution in [0.1, 0.15) is 96.4 Å². The molecule has 0 aliphatic rings. The topological polar surface area (TPSA) is 43.9 Å². The van der Waals surface area contributed by atoms with E-state index in [1.807, 2.05) is 18.2 Å². The number of imidazole rings is 1. The zero-order valence-electron chi connectivity index (χ0n) is 38.1. The zero-order chi connectivity index (χ0) is 42.9. The molecule has 0 aliphatic heterocycles. The van der Waals surface area contributed by atoms with E-state index in [2.05, 4.69) is 200 Å². The Labute approximate surface area is 381 Å². The van der Waals surface area contributed by atoms with Crippen LogP contribution in [-0.4, -0.2) is 27.8 Å². The van der Waals surface area contributed by atoms with Crippen LogP contribution in [-0.2, 0) is 31.9 Å². The maximum Gasteiger partial charge on any atom is 0.0774 e. The third-order valence-electron chi connectivity index (χ3n) is 11.3. The summed E-state index contributed by atoms with van der Waals surface area (Å²) >= 11 is -1.86. The Morgan fingerprint density at radius 1 is 0.738 bits per heavy atom. The van der Waals surface area contributed by atoms with Crippen LogP contribution in [0.5, 0.6) is 0 Å². The minimum absolute atomic E-state index is 0. The molecule has 0 unspecified atom stereocenters. The second-order valence-corrected chi connectivity index (χ2v) is 29.9. The average Bonchev–Trinajstić information content (AvgIpc) is 3.81. The molecule has 6 heteroatoms. The van der Waals surface area contributed by atoms with Gasteiger partial charge >= 0.3 is 126 Å². The van der Waals surface area contributed by atoms with Crippen molar-refractivity contribution in [3.05, 3.63) is 156 Å². The van der Waals surface area contributed by atoms with Crippen LogP contribution >= 0.6 is 0 Å². The van der Waals surface area contributed by atoms with E-state index in [0.717, 1.165) is 51.1 Å². The van der Waals surface area contributed by atoms with E-state index in [1.54, 1.807) is 4.40 Å². The van der Waals surface area contributed by atoms with Gasteiger partial charge in [0.05, 0.1) is 16.9 Å². The van der Waals surface area contributed by atoms with Gasteiger partial charge in [-0.2, -0.15) is 0 Å². The van der Waals surface area contributed by atoms with Gasteiger partial charge in [0.25, 0.3) is 0 Å². The Bertz CT molecular complexity index is 2700. The zero-order valence-corrected chi connectivity index (χ0v) is 42.6. The SMILES string of the molecule is CC(C)Cc1cc(-c2[c-]cccc2)nc[c]1[Ge]([CH3])([CH3])[CH3].CC(C)c1cc(-c2ccccc2)cc(C(C)C)c1-n1c(-c2[c-]oc3ccc(C(C)(C)C)cc23)nc2ccccc21.[Ir]. The number of para-hydroxylation sites is 2. The van der Waals surface area contributed by atoms with Gasteiger partial charge in [-0.05, 0) is 63.8 Å². The van der Waals surface area contributed by atoms with E-state index in [9.17, 15) is 0 Å². The summed E-state index contributed by atoms with van der Waals surface area (Å²) < 4.78 is 9.91. The molecule has 0 fully saturated rings. The summed E-state index contributed by atoms with van der Waals surface area (Å²) in [5.74, 6) is 9.47. The van der Waals surface area contributed by atoms with Gasteiger partial charge in [-0.25, -0.2) is 0 Å². The monoisotopic (exact) mass is 1050 g/mol. The van der Waals surface area contributed by atoms with Gasteiger partial charge in [-0.15, -0.1) is 0 Å². The molecule has 0 saturated heterocycles. The van der Waals surface area contributed by atoms with E-state index < -0.39 is 13.3 Å². The molecule has 0 aliphatic carbocycles. The van der Waals surface area contributed by atoms with Crippen LogP contribution in [0.3, 0.4) is 0 Å².